The molecule has 1 aliphatic heterocycles. The van der Waals surface area contributed by atoms with Crippen LogP contribution < -0.4 is 4.72 Å². The Bertz CT molecular complexity index is 1560. The molecule has 0 aromatic heterocycles. The summed E-state index contributed by atoms with van der Waals surface area (Å²) in [5, 5.41) is 2.67. The molecule has 37 heavy (non-hydrogen) atoms. The van der Waals surface area contributed by atoms with Crippen molar-refractivity contribution in [3.8, 4) is 0 Å². The van der Waals surface area contributed by atoms with Crippen LogP contribution in [-0.4, -0.2) is 50.3 Å². The van der Waals surface area contributed by atoms with E-state index in [1.807, 2.05) is 53.4 Å². The molecule has 4 aromatic rings. The van der Waals surface area contributed by atoms with Crippen LogP contribution in [0.3, 0.4) is 0 Å². The van der Waals surface area contributed by atoms with E-state index in [2.05, 4.69) is 27.8 Å². The van der Waals surface area contributed by atoms with Gasteiger partial charge in [0.15, 0.2) is 0 Å². The number of nitrogens with zero attached hydrogens (tertiary/aromatic N) is 2. The fourth-order valence-electron chi connectivity index (χ4n) is 5.61. The topological polar surface area (TPSA) is 69.7 Å². The van der Waals surface area contributed by atoms with Gasteiger partial charge in [-0.3, -0.25) is 9.69 Å². The molecule has 0 radical (unpaired) electrons. The maximum atomic E-state index is 13.5. The summed E-state index contributed by atoms with van der Waals surface area (Å²) in [4.78, 5) is 17.4. The van der Waals surface area contributed by atoms with Crippen molar-refractivity contribution in [1.29, 1.82) is 0 Å². The van der Waals surface area contributed by atoms with E-state index in [0.717, 1.165) is 21.9 Å². The minimum absolute atomic E-state index is 0.0250. The zero-order valence-electron chi connectivity index (χ0n) is 20.0. The number of halogens is 1. The zero-order chi connectivity index (χ0) is 25.6. The smallest absolute Gasteiger partial charge is 0.253 e. The van der Waals surface area contributed by atoms with Gasteiger partial charge >= 0.3 is 0 Å². The van der Waals surface area contributed by atoms with Crippen molar-refractivity contribution in [1.82, 2.24) is 14.5 Å². The Balaban J connectivity index is 1.31. The number of rotatable bonds is 5. The number of amides is 1. The lowest BCUT2D eigenvalue weighted by Crippen LogP contribution is -2.51. The van der Waals surface area contributed by atoms with Gasteiger partial charge in [0.1, 0.15) is 0 Å². The highest BCUT2D eigenvalue weighted by atomic mass is 35.5. The van der Waals surface area contributed by atoms with E-state index in [1.165, 1.54) is 12.1 Å². The molecule has 1 saturated heterocycles. The van der Waals surface area contributed by atoms with Crippen LogP contribution >= 0.6 is 11.6 Å². The monoisotopic (exact) mass is 531 g/mol. The van der Waals surface area contributed by atoms with Gasteiger partial charge in [-0.1, -0.05) is 66.2 Å². The number of piperazine rings is 1. The second-order valence-electron chi connectivity index (χ2n) is 9.48. The molecule has 1 amide bonds. The molecule has 8 heteroatoms. The Morgan fingerprint density at radius 1 is 0.784 bits per heavy atom. The molecule has 0 unspecified atom stereocenters. The molecule has 0 spiro atoms. The summed E-state index contributed by atoms with van der Waals surface area (Å²) in [6.45, 7) is 2.44. The Morgan fingerprint density at radius 3 is 2.11 bits per heavy atom. The van der Waals surface area contributed by atoms with Gasteiger partial charge in [0.2, 0.25) is 10.0 Å². The number of hydrogen-bond acceptors (Lipinski definition) is 4. The maximum Gasteiger partial charge on any atom is 0.253 e. The number of nitrogens with one attached hydrogen (secondary N) is 1. The van der Waals surface area contributed by atoms with Crippen LogP contribution in [0, 0.1) is 0 Å². The molecule has 6 nitrogen and oxygen atoms in total. The molecular weight excluding hydrogens is 506 g/mol. The van der Waals surface area contributed by atoms with Crippen molar-refractivity contribution in [2.24, 2.45) is 0 Å². The Morgan fingerprint density at radius 2 is 1.43 bits per heavy atom. The second-order valence-corrected chi connectivity index (χ2v) is 11.6. The fraction of sp³-hybridized carbons (Fsp3) is 0.207. The van der Waals surface area contributed by atoms with Crippen molar-refractivity contribution < 1.29 is 13.2 Å². The fourth-order valence-corrected chi connectivity index (χ4v) is 6.95. The lowest BCUT2D eigenvalue weighted by Gasteiger charge is -2.40. The maximum absolute atomic E-state index is 13.5. The van der Waals surface area contributed by atoms with Crippen LogP contribution in [0.4, 0.5) is 0 Å². The molecule has 1 N–H and O–H groups in total. The van der Waals surface area contributed by atoms with Crippen molar-refractivity contribution >= 4 is 38.3 Å². The van der Waals surface area contributed by atoms with E-state index in [9.17, 15) is 13.2 Å². The predicted molar refractivity (Wildman–Crippen MR) is 145 cm³/mol. The Kier molecular flexibility index (Phi) is 6.24. The molecule has 6 rings (SSSR count). The van der Waals surface area contributed by atoms with E-state index in [-0.39, 0.29) is 16.8 Å². The second kappa shape index (κ2) is 9.58. The van der Waals surface area contributed by atoms with Crippen molar-refractivity contribution in [3.63, 3.8) is 0 Å². The van der Waals surface area contributed by atoms with E-state index in [4.69, 9.17) is 11.6 Å². The van der Waals surface area contributed by atoms with Gasteiger partial charge in [0, 0.05) is 36.8 Å². The number of carbonyl (C=O) groups excluding carboxylic acids is 1. The Labute approximate surface area is 221 Å². The van der Waals surface area contributed by atoms with Crippen molar-refractivity contribution in [2.75, 3.05) is 26.2 Å². The van der Waals surface area contributed by atoms with Gasteiger partial charge < -0.3 is 4.90 Å². The van der Waals surface area contributed by atoms with Crippen LogP contribution in [0.5, 0.6) is 0 Å². The first-order chi connectivity index (χ1) is 17.9. The van der Waals surface area contributed by atoms with Crippen LogP contribution in [0.1, 0.15) is 33.6 Å². The summed E-state index contributed by atoms with van der Waals surface area (Å²) in [6, 6.07) is 27.1. The molecule has 188 valence electrons. The van der Waals surface area contributed by atoms with Crippen LogP contribution in [0.25, 0.3) is 10.8 Å². The Hall–Kier alpha value is -3.23. The highest BCUT2D eigenvalue weighted by Crippen LogP contribution is 2.47. The van der Waals surface area contributed by atoms with Crippen LogP contribution in [0.15, 0.2) is 95.9 Å². The number of sulfonamides is 1. The average Bonchev–Trinajstić information content (AvgIpc) is 3.23. The first kappa shape index (κ1) is 24.1. The number of hydrogen-bond donors (Lipinski definition) is 1. The molecule has 4 aromatic carbocycles. The third kappa shape index (κ3) is 4.42. The molecule has 1 fully saturated rings. The van der Waals surface area contributed by atoms with E-state index in [1.54, 1.807) is 12.1 Å². The summed E-state index contributed by atoms with van der Waals surface area (Å²) in [6.07, 6.45) is 0. The van der Waals surface area contributed by atoms with Gasteiger partial charge in [-0.25, -0.2) is 13.1 Å². The number of carbonyl (C=O) groups is 1. The van der Waals surface area contributed by atoms with Gasteiger partial charge in [-0.15, -0.1) is 0 Å². The standard InChI is InChI=1S/C29H26ClN3O3S/c30-22-12-14-23(15-13-22)37(35,36)31-27-24-10-4-8-20-9-5-11-25(26(20)24)28(27)32-16-18-33(19-17-32)29(34)21-6-2-1-3-7-21/h1-15,27-28,31H,16-19H2/t27-,28+/m0/s1. The number of benzene rings is 4. The molecule has 0 saturated carbocycles. The SMILES string of the molecule is O=C(c1ccccc1)N1CCN([C@@H]2c3cccc4cccc(c34)[C@@H]2NS(=O)(=O)c2ccc(Cl)cc2)CC1. The van der Waals surface area contributed by atoms with Gasteiger partial charge in [0.25, 0.3) is 5.91 Å². The largest absolute Gasteiger partial charge is 0.336 e. The highest BCUT2D eigenvalue weighted by molar-refractivity contribution is 7.89. The predicted octanol–water partition coefficient (Wildman–Crippen LogP) is 5.03. The van der Waals surface area contributed by atoms with Gasteiger partial charge in [0.05, 0.1) is 17.0 Å². The van der Waals surface area contributed by atoms with Crippen LogP contribution in [-0.2, 0) is 10.0 Å². The van der Waals surface area contributed by atoms with Gasteiger partial charge in [-0.2, -0.15) is 0 Å². The summed E-state index contributed by atoms with van der Waals surface area (Å²) in [7, 11) is -3.81. The normalized spacial score (nSPS) is 19.9. The summed E-state index contributed by atoms with van der Waals surface area (Å²) < 4.78 is 30.0. The lowest BCUT2D eigenvalue weighted by atomic mass is 10.0. The summed E-state index contributed by atoms with van der Waals surface area (Å²) in [5.41, 5.74) is 2.76. The molecule has 1 aliphatic carbocycles. The first-order valence-electron chi connectivity index (χ1n) is 12.3. The van der Waals surface area contributed by atoms with E-state index in [0.29, 0.717) is 36.8 Å². The quantitative estimate of drug-likeness (QED) is 0.392. The zero-order valence-corrected chi connectivity index (χ0v) is 21.6. The van der Waals surface area contributed by atoms with Crippen molar-refractivity contribution in [3.05, 3.63) is 113 Å². The third-order valence-electron chi connectivity index (χ3n) is 7.36. The molecule has 1 heterocycles. The van der Waals surface area contributed by atoms with E-state index >= 15 is 0 Å². The van der Waals surface area contributed by atoms with Crippen LogP contribution in [0.2, 0.25) is 5.02 Å². The summed E-state index contributed by atoms with van der Waals surface area (Å²) >= 11 is 5.99. The molecule has 0 bridgehead atoms. The highest BCUT2D eigenvalue weighted by Gasteiger charge is 2.41. The summed E-state index contributed by atoms with van der Waals surface area (Å²) in [5.74, 6) is 0.0250. The minimum Gasteiger partial charge on any atom is -0.336 e. The third-order valence-corrected chi connectivity index (χ3v) is 9.07. The first-order valence-corrected chi connectivity index (χ1v) is 14.2. The molecule has 2 aliphatic rings. The molecular formula is C29H26ClN3O3S. The van der Waals surface area contributed by atoms with Gasteiger partial charge in [-0.05, 0) is 58.3 Å². The minimum atomic E-state index is -3.81. The molecule has 2 atom stereocenters. The average molecular weight is 532 g/mol. The lowest BCUT2D eigenvalue weighted by molar-refractivity contribution is 0.0539. The van der Waals surface area contributed by atoms with Crippen molar-refractivity contribution in [2.45, 2.75) is 17.0 Å². The van der Waals surface area contributed by atoms with E-state index < -0.39 is 16.1 Å².